The number of fused-ring (bicyclic) bond motifs is 1. The number of aromatic nitrogens is 2. The molecule has 5 unspecified atom stereocenters. The summed E-state index contributed by atoms with van der Waals surface area (Å²) in [5.74, 6) is -2.78. The van der Waals surface area contributed by atoms with Crippen molar-refractivity contribution in [3.05, 3.63) is 47.5 Å². The molecule has 2 fully saturated rings. The van der Waals surface area contributed by atoms with Gasteiger partial charge in [0.2, 0.25) is 5.91 Å². The van der Waals surface area contributed by atoms with Crippen LogP contribution in [-0.2, 0) is 19.1 Å². The first kappa shape index (κ1) is 30.5. The van der Waals surface area contributed by atoms with E-state index in [2.05, 4.69) is 25.7 Å². The Balaban J connectivity index is 1.45. The van der Waals surface area contributed by atoms with Crippen molar-refractivity contribution in [3.63, 3.8) is 0 Å². The van der Waals surface area contributed by atoms with Gasteiger partial charge in [0.15, 0.2) is 0 Å². The van der Waals surface area contributed by atoms with Crippen molar-refractivity contribution in [1.82, 2.24) is 15.3 Å². The number of amides is 1. The molecule has 2 N–H and O–H groups in total. The SMILES string of the molecule is C=CC1CC1(NC(=O)C1CC(Oc2cc(-c3nc(C(C)C)cs3)nc3c(C)c(OC)ccc23)CC1C(=O)O)C(=O)OCC. The van der Waals surface area contributed by atoms with E-state index in [0.29, 0.717) is 29.1 Å². The van der Waals surface area contributed by atoms with Gasteiger partial charge in [0.1, 0.15) is 33.8 Å². The van der Waals surface area contributed by atoms with Crippen LogP contribution in [0.3, 0.4) is 0 Å². The number of hydrogen-bond donors (Lipinski definition) is 2. The molecule has 5 atom stereocenters. The monoisotopic (exact) mass is 607 g/mol. The fourth-order valence-electron chi connectivity index (χ4n) is 5.88. The number of rotatable bonds is 11. The second kappa shape index (κ2) is 11.9. The predicted molar refractivity (Wildman–Crippen MR) is 162 cm³/mol. The van der Waals surface area contributed by atoms with Gasteiger partial charge in [0.05, 0.1) is 36.8 Å². The van der Waals surface area contributed by atoms with Gasteiger partial charge in [-0.1, -0.05) is 19.9 Å². The number of pyridine rings is 1. The highest BCUT2D eigenvalue weighted by atomic mass is 32.1. The third-order valence-corrected chi connectivity index (χ3v) is 9.33. The van der Waals surface area contributed by atoms with Crippen LogP contribution >= 0.6 is 11.3 Å². The highest BCUT2D eigenvalue weighted by Gasteiger charge is 2.62. The minimum Gasteiger partial charge on any atom is -0.496 e. The first-order valence-corrected chi connectivity index (χ1v) is 15.4. The van der Waals surface area contributed by atoms with Gasteiger partial charge in [-0.15, -0.1) is 17.9 Å². The number of benzene rings is 1. The largest absolute Gasteiger partial charge is 0.496 e. The highest BCUT2D eigenvalue weighted by molar-refractivity contribution is 7.13. The van der Waals surface area contributed by atoms with E-state index in [1.807, 2.05) is 30.5 Å². The number of carbonyl (C=O) groups excluding carboxylic acids is 2. The van der Waals surface area contributed by atoms with Crippen molar-refractivity contribution in [2.75, 3.05) is 13.7 Å². The Kier molecular flexibility index (Phi) is 8.47. The van der Waals surface area contributed by atoms with Gasteiger partial charge < -0.3 is 24.6 Å². The van der Waals surface area contributed by atoms with Gasteiger partial charge >= 0.3 is 11.9 Å². The fourth-order valence-corrected chi connectivity index (χ4v) is 6.82. The summed E-state index contributed by atoms with van der Waals surface area (Å²) < 4.78 is 17.3. The van der Waals surface area contributed by atoms with Gasteiger partial charge in [-0.05, 0) is 51.2 Å². The molecule has 10 nitrogen and oxygen atoms in total. The van der Waals surface area contributed by atoms with E-state index in [4.69, 9.17) is 24.2 Å². The number of ether oxygens (including phenoxy) is 3. The maximum absolute atomic E-state index is 13.5. The third-order valence-electron chi connectivity index (χ3n) is 8.45. The molecule has 228 valence electrons. The van der Waals surface area contributed by atoms with Gasteiger partial charge in [-0.3, -0.25) is 9.59 Å². The minimum atomic E-state index is -1.20. The van der Waals surface area contributed by atoms with E-state index in [1.165, 1.54) is 11.3 Å². The number of hydrogen-bond acceptors (Lipinski definition) is 9. The van der Waals surface area contributed by atoms with Crippen molar-refractivity contribution >= 4 is 40.1 Å². The number of esters is 1. The lowest BCUT2D eigenvalue weighted by Crippen LogP contribution is -2.49. The minimum absolute atomic E-state index is 0.133. The third kappa shape index (κ3) is 5.70. The number of carboxylic acids is 1. The fraction of sp³-hybridized carbons (Fsp3) is 0.469. The van der Waals surface area contributed by atoms with Crippen LogP contribution in [0.4, 0.5) is 0 Å². The van der Waals surface area contributed by atoms with Crippen LogP contribution in [-0.4, -0.2) is 58.3 Å². The Hall–Kier alpha value is -3.99. The molecule has 5 rings (SSSR count). The predicted octanol–water partition coefficient (Wildman–Crippen LogP) is 5.28. The lowest BCUT2D eigenvalue weighted by atomic mass is 9.94. The maximum atomic E-state index is 13.5. The molecule has 0 bridgehead atoms. The van der Waals surface area contributed by atoms with E-state index in [0.717, 1.165) is 21.7 Å². The van der Waals surface area contributed by atoms with Crippen LogP contribution in [0.1, 0.15) is 57.2 Å². The Morgan fingerprint density at radius 3 is 2.56 bits per heavy atom. The summed E-state index contributed by atoms with van der Waals surface area (Å²) in [4.78, 5) is 48.2. The summed E-state index contributed by atoms with van der Waals surface area (Å²) in [6.07, 6.45) is 1.72. The standard InChI is InChI=1S/C32H37N3O7S/c1-7-18-14-32(18,31(39)41-8-2)35-28(36)21-11-19(12-22(21)30(37)38)42-26-13-23(29-34-24(15-43-29)16(3)4)33-27-17(5)25(40-6)10-9-20(26)27/h7,9-10,13,15-16,18-19,21-22H,1,8,11-12,14H2,2-6H3,(H,35,36)(H,37,38). The van der Waals surface area contributed by atoms with Crippen molar-refractivity contribution in [1.29, 1.82) is 0 Å². The summed E-state index contributed by atoms with van der Waals surface area (Å²) in [6.45, 7) is 11.7. The molecule has 3 aromatic rings. The van der Waals surface area contributed by atoms with E-state index in [9.17, 15) is 19.5 Å². The van der Waals surface area contributed by atoms with E-state index in [1.54, 1.807) is 20.1 Å². The van der Waals surface area contributed by atoms with Crippen molar-refractivity contribution < 1.29 is 33.7 Å². The number of nitrogens with one attached hydrogen (secondary N) is 1. The molecule has 2 aliphatic rings. The molecule has 0 saturated heterocycles. The van der Waals surface area contributed by atoms with Crippen molar-refractivity contribution in [2.45, 2.75) is 64.5 Å². The Morgan fingerprint density at radius 2 is 1.95 bits per heavy atom. The number of thiazole rings is 1. The average Bonchev–Trinajstić information content (AvgIpc) is 3.28. The number of nitrogens with zero attached hydrogens (tertiary/aromatic N) is 2. The Labute approximate surface area is 254 Å². The lowest BCUT2D eigenvalue weighted by molar-refractivity contribution is -0.150. The first-order valence-electron chi connectivity index (χ1n) is 14.5. The second-order valence-corrected chi connectivity index (χ2v) is 12.4. The molecule has 2 aromatic heterocycles. The Morgan fingerprint density at radius 1 is 1.21 bits per heavy atom. The number of methoxy groups -OCH3 is 1. The highest BCUT2D eigenvalue weighted by Crippen LogP contribution is 2.47. The smallest absolute Gasteiger partial charge is 0.332 e. The van der Waals surface area contributed by atoms with Gasteiger partial charge in [-0.2, -0.15) is 0 Å². The Bertz CT molecular complexity index is 1580. The summed E-state index contributed by atoms with van der Waals surface area (Å²) in [5, 5.41) is 16.4. The molecule has 11 heteroatoms. The molecule has 1 aromatic carbocycles. The number of carbonyl (C=O) groups is 3. The van der Waals surface area contributed by atoms with Crippen molar-refractivity contribution in [2.24, 2.45) is 17.8 Å². The van der Waals surface area contributed by atoms with Crippen LogP contribution in [0.15, 0.2) is 36.2 Å². The topological polar surface area (TPSA) is 137 Å². The normalized spacial score (nSPS) is 24.5. The zero-order valence-corrected chi connectivity index (χ0v) is 25.8. The zero-order chi connectivity index (χ0) is 31.1. The molecule has 2 aliphatic carbocycles. The molecule has 0 aliphatic heterocycles. The zero-order valence-electron chi connectivity index (χ0n) is 25.0. The molecular weight excluding hydrogens is 570 g/mol. The molecule has 2 saturated carbocycles. The second-order valence-electron chi connectivity index (χ2n) is 11.5. The number of aryl methyl sites for hydroxylation is 1. The van der Waals surface area contributed by atoms with Crippen LogP contribution in [0, 0.1) is 24.7 Å². The molecule has 43 heavy (non-hydrogen) atoms. The van der Waals surface area contributed by atoms with Gasteiger partial charge in [-0.25, -0.2) is 14.8 Å². The van der Waals surface area contributed by atoms with E-state index < -0.39 is 41.3 Å². The summed E-state index contributed by atoms with van der Waals surface area (Å²) in [7, 11) is 1.60. The average molecular weight is 608 g/mol. The summed E-state index contributed by atoms with van der Waals surface area (Å²) >= 11 is 1.50. The summed E-state index contributed by atoms with van der Waals surface area (Å²) in [5.41, 5.74) is 1.93. The lowest BCUT2D eigenvalue weighted by Gasteiger charge is -2.21. The maximum Gasteiger partial charge on any atom is 0.332 e. The molecule has 2 heterocycles. The molecule has 0 spiro atoms. The quantitative estimate of drug-likeness (QED) is 0.220. The van der Waals surface area contributed by atoms with E-state index in [-0.39, 0.29) is 31.3 Å². The van der Waals surface area contributed by atoms with Gasteiger partial charge in [0, 0.05) is 28.3 Å². The first-order chi connectivity index (χ1) is 20.5. The molecular formula is C32H37N3O7S. The number of carboxylic acid groups (broad SMARTS) is 1. The molecule has 1 amide bonds. The summed E-state index contributed by atoms with van der Waals surface area (Å²) in [6, 6.07) is 5.54. The number of aliphatic carboxylic acids is 1. The van der Waals surface area contributed by atoms with Crippen LogP contribution in [0.5, 0.6) is 11.5 Å². The van der Waals surface area contributed by atoms with Crippen LogP contribution in [0.25, 0.3) is 21.6 Å². The van der Waals surface area contributed by atoms with Gasteiger partial charge in [0.25, 0.3) is 0 Å². The van der Waals surface area contributed by atoms with Crippen LogP contribution in [0.2, 0.25) is 0 Å². The van der Waals surface area contributed by atoms with Crippen molar-refractivity contribution in [3.8, 4) is 22.2 Å². The molecule has 0 radical (unpaired) electrons. The van der Waals surface area contributed by atoms with E-state index >= 15 is 0 Å². The van der Waals surface area contributed by atoms with Crippen LogP contribution < -0.4 is 14.8 Å².